The SMILES string of the molecule is CNc1ccc2c(c1)[Si](C)(C)C1=CC(=O)C=CC1=C2c1ccccc1C. The molecule has 1 aliphatic carbocycles. The lowest BCUT2D eigenvalue weighted by atomic mass is 9.88. The number of benzene rings is 2. The van der Waals surface area contributed by atoms with E-state index in [0.717, 1.165) is 5.69 Å². The van der Waals surface area contributed by atoms with Gasteiger partial charge in [-0.05, 0) is 69.4 Å². The molecule has 2 aliphatic rings. The summed E-state index contributed by atoms with van der Waals surface area (Å²) in [7, 11) is -0.0106. The number of hydrogen-bond donors (Lipinski definition) is 1. The minimum atomic E-state index is -1.96. The van der Waals surface area contributed by atoms with Crippen molar-refractivity contribution in [3.63, 3.8) is 0 Å². The Hall–Kier alpha value is -2.65. The second-order valence-electron chi connectivity index (χ2n) is 7.53. The van der Waals surface area contributed by atoms with Crippen molar-refractivity contribution in [1.29, 1.82) is 0 Å². The van der Waals surface area contributed by atoms with Crippen LogP contribution in [0.4, 0.5) is 5.69 Å². The van der Waals surface area contributed by atoms with Crippen molar-refractivity contribution < 1.29 is 4.79 Å². The summed E-state index contributed by atoms with van der Waals surface area (Å²) in [6.07, 6.45) is 5.60. The van der Waals surface area contributed by atoms with Gasteiger partial charge in [0.1, 0.15) is 8.07 Å². The first-order valence-electron chi connectivity index (χ1n) is 9.01. The molecule has 0 atom stereocenters. The van der Waals surface area contributed by atoms with Gasteiger partial charge in [-0.2, -0.15) is 0 Å². The van der Waals surface area contributed by atoms with Crippen LogP contribution >= 0.6 is 0 Å². The van der Waals surface area contributed by atoms with Crippen molar-refractivity contribution >= 4 is 30.3 Å². The Kier molecular flexibility index (Phi) is 3.85. The van der Waals surface area contributed by atoms with Gasteiger partial charge in [0.25, 0.3) is 0 Å². The lowest BCUT2D eigenvalue weighted by molar-refractivity contribution is -0.110. The van der Waals surface area contributed by atoms with Gasteiger partial charge in [-0.3, -0.25) is 4.79 Å². The normalized spacial score (nSPS) is 17.5. The molecule has 0 amide bonds. The fraction of sp³-hybridized carbons (Fsp3) is 0.174. The van der Waals surface area contributed by atoms with Gasteiger partial charge in [-0.1, -0.05) is 49.5 Å². The Morgan fingerprint density at radius 3 is 2.46 bits per heavy atom. The highest BCUT2D eigenvalue weighted by Crippen LogP contribution is 2.42. The molecule has 1 aliphatic heterocycles. The van der Waals surface area contributed by atoms with E-state index in [9.17, 15) is 4.79 Å². The quantitative estimate of drug-likeness (QED) is 0.809. The van der Waals surface area contributed by atoms with E-state index in [2.05, 4.69) is 67.8 Å². The second-order valence-corrected chi connectivity index (χ2v) is 11.9. The fourth-order valence-electron chi connectivity index (χ4n) is 4.13. The summed E-state index contributed by atoms with van der Waals surface area (Å²) >= 11 is 0. The van der Waals surface area contributed by atoms with Gasteiger partial charge < -0.3 is 5.32 Å². The number of hydrogen-bond acceptors (Lipinski definition) is 2. The van der Waals surface area contributed by atoms with E-state index in [1.807, 2.05) is 19.2 Å². The maximum atomic E-state index is 12.2. The molecule has 130 valence electrons. The minimum absolute atomic E-state index is 0.0988. The first-order chi connectivity index (χ1) is 12.4. The van der Waals surface area contributed by atoms with Crippen molar-refractivity contribution in [1.82, 2.24) is 0 Å². The molecule has 2 nitrogen and oxygen atoms in total. The van der Waals surface area contributed by atoms with E-state index in [0.29, 0.717) is 0 Å². The molecule has 0 aromatic heterocycles. The Labute approximate surface area is 156 Å². The Morgan fingerprint density at radius 1 is 0.962 bits per heavy atom. The predicted molar refractivity (Wildman–Crippen MR) is 113 cm³/mol. The van der Waals surface area contributed by atoms with Crippen LogP contribution in [0.1, 0.15) is 16.7 Å². The number of nitrogens with one attached hydrogen (secondary N) is 1. The Morgan fingerprint density at radius 2 is 1.73 bits per heavy atom. The molecule has 0 fully saturated rings. The molecule has 0 radical (unpaired) electrons. The summed E-state index contributed by atoms with van der Waals surface area (Å²) in [5.41, 5.74) is 7.40. The zero-order valence-corrected chi connectivity index (χ0v) is 16.7. The van der Waals surface area contributed by atoms with Gasteiger partial charge >= 0.3 is 0 Å². The number of ketones is 1. The van der Waals surface area contributed by atoms with Gasteiger partial charge in [0.05, 0.1) is 0 Å². The van der Waals surface area contributed by atoms with Crippen molar-refractivity contribution in [2.24, 2.45) is 0 Å². The molecule has 4 rings (SSSR count). The Balaban J connectivity index is 2.12. The maximum absolute atomic E-state index is 12.2. The van der Waals surface area contributed by atoms with Crippen LogP contribution in [-0.2, 0) is 4.79 Å². The number of fused-ring (bicyclic) bond motifs is 2. The van der Waals surface area contributed by atoms with Crippen LogP contribution < -0.4 is 10.5 Å². The summed E-state index contributed by atoms with van der Waals surface area (Å²) in [5.74, 6) is 0.0988. The molecule has 1 heterocycles. The molecule has 1 N–H and O–H groups in total. The molecule has 2 aromatic rings. The molecule has 0 spiro atoms. The highest BCUT2D eigenvalue weighted by molar-refractivity contribution is 6.98. The van der Waals surface area contributed by atoms with Crippen LogP contribution in [0.3, 0.4) is 0 Å². The number of rotatable bonds is 2. The van der Waals surface area contributed by atoms with Crippen LogP contribution in [0.25, 0.3) is 5.57 Å². The summed E-state index contributed by atoms with van der Waals surface area (Å²) in [5, 5.41) is 5.90. The van der Waals surface area contributed by atoms with Crippen LogP contribution in [0.15, 0.2) is 71.5 Å². The summed E-state index contributed by atoms with van der Waals surface area (Å²) in [6.45, 7) is 6.85. The van der Waals surface area contributed by atoms with E-state index < -0.39 is 8.07 Å². The number of anilines is 1. The molecule has 3 heteroatoms. The highest BCUT2D eigenvalue weighted by atomic mass is 28.3. The summed E-state index contributed by atoms with van der Waals surface area (Å²) in [4.78, 5) is 12.2. The number of carbonyl (C=O) groups excluding carboxylic acids is 1. The summed E-state index contributed by atoms with van der Waals surface area (Å²) < 4.78 is 0. The third-order valence-corrected chi connectivity index (χ3v) is 9.12. The van der Waals surface area contributed by atoms with Gasteiger partial charge in [0.15, 0.2) is 5.78 Å². The lowest BCUT2D eigenvalue weighted by Crippen LogP contribution is -2.49. The molecule has 0 unspecified atom stereocenters. The first-order valence-corrected chi connectivity index (χ1v) is 12.0. The summed E-state index contributed by atoms with van der Waals surface area (Å²) in [6, 6.07) is 15.2. The average molecular weight is 358 g/mol. The monoisotopic (exact) mass is 357 g/mol. The number of allylic oxidation sites excluding steroid dienone is 5. The molecule has 0 saturated heterocycles. The fourth-order valence-corrected chi connectivity index (χ4v) is 7.20. The van der Waals surface area contributed by atoms with Crippen molar-refractivity contribution in [2.45, 2.75) is 20.0 Å². The molecule has 2 aromatic carbocycles. The Bertz CT molecular complexity index is 1020. The van der Waals surface area contributed by atoms with E-state index in [1.54, 1.807) is 6.08 Å². The van der Waals surface area contributed by atoms with Gasteiger partial charge in [0.2, 0.25) is 0 Å². The van der Waals surface area contributed by atoms with E-state index in [4.69, 9.17) is 0 Å². The van der Waals surface area contributed by atoms with Crippen LogP contribution in [0.5, 0.6) is 0 Å². The van der Waals surface area contributed by atoms with E-state index >= 15 is 0 Å². The van der Waals surface area contributed by atoms with Crippen molar-refractivity contribution in [3.05, 3.63) is 88.2 Å². The van der Waals surface area contributed by atoms with E-state index in [1.165, 1.54) is 38.2 Å². The van der Waals surface area contributed by atoms with Gasteiger partial charge in [-0.25, -0.2) is 0 Å². The second kappa shape index (κ2) is 5.96. The van der Waals surface area contributed by atoms with Crippen LogP contribution in [0.2, 0.25) is 13.1 Å². The van der Waals surface area contributed by atoms with Gasteiger partial charge in [-0.15, -0.1) is 0 Å². The van der Waals surface area contributed by atoms with E-state index in [-0.39, 0.29) is 5.78 Å². The largest absolute Gasteiger partial charge is 0.388 e. The number of carbonyl (C=O) groups is 1. The first kappa shape index (κ1) is 16.8. The lowest BCUT2D eigenvalue weighted by Gasteiger charge is -2.38. The van der Waals surface area contributed by atoms with Crippen LogP contribution in [-0.4, -0.2) is 20.9 Å². The minimum Gasteiger partial charge on any atom is -0.388 e. The highest BCUT2D eigenvalue weighted by Gasteiger charge is 2.39. The van der Waals surface area contributed by atoms with Crippen molar-refractivity contribution in [2.75, 3.05) is 12.4 Å². The zero-order chi connectivity index (χ0) is 18.5. The van der Waals surface area contributed by atoms with Gasteiger partial charge in [0, 0.05) is 12.7 Å². The topological polar surface area (TPSA) is 29.1 Å². The molecule has 0 bridgehead atoms. The smallest absolute Gasteiger partial charge is 0.178 e. The number of aryl methyl sites for hydroxylation is 1. The van der Waals surface area contributed by atoms with Crippen LogP contribution in [0, 0.1) is 6.92 Å². The molecular weight excluding hydrogens is 334 g/mol. The standard InChI is InChI=1S/C23H23NOSi/c1-15-7-5-6-8-18(15)23-19-11-9-16(24-2)13-21(19)26(3,4)22-14-17(25)10-12-20(22)23/h5-14,24H,1-4H3. The molecule has 0 saturated carbocycles. The average Bonchev–Trinajstić information content (AvgIpc) is 2.63. The maximum Gasteiger partial charge on any atom is 0.178 e. The third-order valence-electron chi connectivity index (χ3n) is 5.60. The van der Waals surface area contributed by atoms with Crippen molar-refractivity contribution in [3.8, 4) is 0 Å². The molecular formula is C23H23NOSi. The predicted octanol–water partition coefficient (Wildman–Crippen LogP) is 4.37. The zero-order valence-electron chi connectivity index (χ0n) is 15.7. The third kappa shape index (κ3) is 2.43. The molecule has 26 heavy (non-hydrogen) atoms.